The Morgan fingerprint density at radius 2 is 1.58 bits per heavy atom. The quantitative estimate of drug-likeness (QED) is 0.596. The van der Waals surface area contributed by atoms with Crippen LogP contribution in [0.3, 0.4) is 0 Å². The predicted octanol–water partition coefficient (Wildman–Crippen LogP) is 5.46. The highest BCUT2D eigenvalue weighted by molar-refractivity contribution is 6.43. The Morgan fingerprint density at radius 1 is 0.895 bits per heavy atom. The molecule has 2 nitrogen and oxygen atoms in total. The van der Waals surface area contributed by atoms with Gasteiger partial charge in [0.05, 0.1) is 15.1 Å². The number of hydrogen-bond acceptors (Lipinski definition) is 2. The van der Waals surface area contributed by atoms with Crippen LogP contribution in [0.1, 0.15) is 5.56 Å². The van der Waals surface area contributed by atoms with Gasteiger partial charge in [0, 0.05) is 22.3 Å². The summed E-state index contributed by atoms with van der Waals surface area (Å²) < 4.78 is 5.58. The second-order valence-corrected chi connectivity index (χ2v) is 5.49. The standard InChI is InChI=1S/C13H9Cl4NO/c14-8-2-1-7(12(18)3-8)6-19-13-5-10(16)9(15)4-11(13)17/h1-5H,6,18H2. The van der Waals surface area contributed by atoms with E-state index >= 15 is 0 Å². The molecule has 0 saturated carbocycles. The maximum absolute atomic E-state index is 6.01. The van der Waals surface area contributed by atoms with E-state index in [9.17, 15) is 0 Å². The molecule has 0 aliphatic heterocycles. The van der Waals surface area contributed by atoms with Crippen LogP contribution < -0.4 is 10.5 Å². The third kappa shape index (κ3) is 3.61. The van der Waals surface area contributed by atoms with Crippen LogP contribution in [0.25, 0.3) is 0 Å². The van der Waals surface area contributed by atoms with Crippen LogP contribution in [0.2, 0.25) is 20.1 Å². The molecule has 0 radical (unpaired) electrons. The average molecular weight is 337 g/mol. The van der Waals surface area contributed by atoms with E-state index in [0.29, 0.717) is 31.5 Å². The molecule has 2 aromatic rings. The number of ether oxygens (including phenoxy) is 1. The second kappa shape index (κ2) is 6.10. The van der Waals surface area contributed by atoms with Gasteiger partial charge in [-0.25, -0.2) is 0 Å². The number of rotatable bonds is 3. The van der Waals surface area contributed by atoms with Crippen molar-refractivity contribution in [2.45, 2.75) is 6.61 Å². The van der Waals surface area contributed by atoms with E-state index in [2.05, 4.69) is 0 Å². The van der Waals surface area contributed by atoms with Gasteiger partial charge in [-0.05, 0) is 18.2 Å². The number of hydrogen-bond donors (Lipinski definition) is 1. The van der Waals surface area contributed by atoms with E-state index < -0.39 is 0 Å². The zero-order chi connectivity index (χ0) is 14.0. The normalized spacial score (nSPS) is 10.5. The number of nitrogens with two attached hydrogens (primary N) is 1. The Morgan fingerprint density at radius 3 is 2.26 bits per heavy atom. The first kappa shape index (κ1) is 14.6. The molecular weight excluding hydrogens is 328 g/mol. The van der Waals surface area contributed by atoms with Crippen molar-refractivity contribution in [1.29, 1.82) is 0 Å². The van der Waals surface area contributed by atoms with Gasteiger partial charge in [-0.2, -0.15) is 0 Å². The molecule has 0 fully saturated rings. The topological polar surface area (TPSA) is 35.2 Å². The van der Waals surface area contributed by atoms with Crippen LogP contribution >= 0.6 is 46.4 Å². The molecule has 0 bridgehead atoms. The molecule has 2 aromatic carbocycles. The van der Waals surface area contributed by atoms with Crippen molar-refractivity contribution < 1.29 is 4.74 Å². The predicted molar refractivity (Wildman–Crippen MR) is 81.7 cm³/mol. The summed E-state index contributed by atoms with van der Waals surface area (Å²) in [5.41, 5.74) is 7.20. The summed E-state index contributed by atoms with van der Waals surface area (Å²) in [5, 5.41) is 1.73. The van der Waals surface area contributed by atoms with Crippen molar-refractivity contribution >= 4 is 52.1 Å². The summed E-state index contributed by atoms with van der Waals surface area (Å²) >= 11 is 23.6. The van der Waals surface area contributed by atoms with Crippen molar-refractivity contribution in [2.75, 3.05) is 5.73 Å². The summed E-state index contributed by atoms with van der Waals surface area (Å²) in [6.07, 6.45) is 0. The fraction of sp³-hybridized carbons (Fsp3) is 0.0769. The Kier molecular flexibility index (Phi) is 4.69. The van der Waals surface area contributed by atoms with Gasteiger partial charge >= 0.3 is 0 Å². The van der Waals surface area contributed by atoms with Crippen molar-refractivity contribution in [2.24, 2.45) is 0 Å². The van der Waals surface area contributed by atoms with E-state index in [1.54, 1.807) is 24.3 Å². The zero-order valence-corrected chi connectivity index (χ0v) is 12.6. The number of anilines is 1. The molecule has 100 valence electrons. The highest BCUT2D eigenvalue weighted by atomic mass is 35.5. The smallest absolute Gasteiger partial charge is 0.139 e. The highest BCUT2D eigenvalue weighted by Crippen LogP contribution is 2.34. The minimum absolute atomic E-state index is 0.265. The van der Waals surface area contributed by atoms with Crippen LogP contribution in [0.15, 0.2) is 30.3 Å². The fourth-order valence-corrected chi connectivity index (χ4v) is 2.24. The van der Waals surface area contributed by atoms with E-state index in [1.165, 1.54) is 6.07 Å². The van der Waals surface area contributed by atoms with Crippen molar-refractivity contribution in [3.8, 4) is 5.75 Å². The Hall–Kier alpha value is -0.800. The lowest BCUT2D eigenvalue weighted by Crippen LogP contribution is -2.00. The van der Waals surface area contributed by atoms with Crippen LogP contribution in [-0.4, -0.2) is 0 Å². The molecule has 0 aromatic heterocycles. The van der Waals surface area contributed by atoms with Gasteiger partial charge in [-0.15, -0.1) is 0 Å². The minimum atomic E-state index is 0.265. The molecule has 0 atom stereocenters. The van der Waals surface area contributed by atoms with E-state index in [1.807, 2.05) is 0 Å². The lowest BCUT2D eigenvalue weighted by molar-refractivity contribution is 0.307. The van der Waals surface area contributed by atoms with Crippen molar-refractivity contribution in [3.05, 3.63) is 56.0 Å². The second-order valence-electron chi connectivity index (χ2n) is 3.83. The summed E-state index contributed by atoms with van der Waals surface area (Å²) in [6.45, 7) is 0.265. The Bertz CT molecular complexity index is 616. The fourth-order valence-electron chi connectivity index (χ4n) is 1.47. The molecule has 2 rings (SSSR count). The molecule has 0 amide bonds. The van der Waals surface area contributed by atoms with E-state index in [4.69, 9.17) is 56.9 Å². The van der Waals surface area contributed by atoms with Gasteiger partial charge < -0.3 is 10.5 Å². The maximum Gasteiger partial charge on any atom is 0.139 e. The SMILES string of the molecule is Nc1cc(Cl)ccc1COc1cc(Cl)c(Cl)cc1Cl. The lowest BCUT2D eigenvalue weighted by Gasteiger charge is -2.11. The molecule has 0 saturated heterocycles. The van der Waals surface area contributed by atoms with E-state index in [-0.39, 0.29) is 6.61 Å². The van der Waals surface area contributed by atoms with Crippen LogP contribution in [-0.2, 0) is 6.61 Å². The lowest BCUT2D eigenvalue weighted by atomic mass is 10.2. The largest absolute Gasteiger partial charge is 0.487 e. The Labute approximate surface area is 131 Å². The van der Waals surface area contributed by atoms with Crippen LogP contribution in [0.4, 0.5) is 5.69 Å². The molecule has 0 heterocycles. The molecule has 19 heavy (non-hydrogen) atoms. The first-order valence-electron chi connectivity index (χ1n) is 5.28. The third-order valence-electron chi connectivity index (χ3n) is 2.47. The van der Waals surface area contributed by atoms with Gasteiger partial charge in [0.25, 0.3) is 0 Å². The van der Waals surface area contributed by atoms with Crippen LogP contribution in [0.5, 0.6) is 5.75 Å². The van der Waals surface area contributed by atoms with Gasteiger partial charge in [-0.1, -0.05) is 52.5 Å². The van der Waals surface area contributed by atoms with Gasteiger partial charge in [0.1, 0.15) is 12.4 Å². The summed E-state index contributed by atoms with van der Waals surface area (Å²) in [7, 11) is 0. The van der Waals surface area contributed by atoms with Crippen molar-refractivity contribution in [1.82, 2.24) is 0 Å². The van der Waals surface area contributed by atoms with Crippen molar-refractivity contribution in [3.63, 3.8) is 0 Å². The number of halogens is 4. The molecule has 2 N–H and O–H groups in total. The molecule has 0 aliphatic rings. The first-order chi connectivity index (χ1) is 8.97. The molecular formula is C13H9Cl4NO. The Balaban J connectivity index is 2.16. The monoisotopic (exact) mass is 335 g/mol. The maximum atomic E-state index is 6.01. The minimum Gasteiger partial charge on any atom is -0.487 e. The summed E-state index contributed by atoms with van der Waals surface area (Å²) in [6, 6.07) is 8.30. The molecule has 0 aliphatic carbocycles. The molecule has 0 unspecified atom stereocenters. The van der Waals surface area contributed by atoms with Gasteiger partial charge in [-0.3, -0.25) is 0 Å². The molecule has 0 spiro atoms. The van der Waals surface area contributed by atoms with Crippen LogP contribution in [0, 0.1) is 0 Å². The number of benzene rings is 2. The molecule has 6 heteroatoms. The average Bonchev–Trinajstić information content (AvgIpc) is 2.34. The van der Waals surface area contributed by atoms with Gasteiger partial charge in [0.2, 0.25) is 0 Å². The zero-order valence-electron chi connectivity index (χ0n) is 9.59. The van der Waals surface area contributed by atoms with Gasteiger partial charge in [0.15, 0.2) is 0 Å². The third-order valence-corrected chi connectivity index (χ3v) is 3.72. The summed E-state index contributed by atoms with van der Waals surface area (Å²) in [5.74, 6) is 0.449. The summed E-state index contributed by atoms with van der Waals surface area (Å²) in [4.78, 5) is 0. The number of nitrogen functional groups attached to an aromatic ring is 1. The highest BCUT2D eigenvalue weighted by Gasteiger charge is 2.08. The van der Waals surface area contributed by atoms with E-state index in [0.717, 1.165) is 5.56 Å². The first-order valence-corrected chi connectivity index (χ1v) is 6.80.